The summed E-state index contributed by atoms with van der Waals surface area (Å²) in [6.07, 6.45) is 1.57. The second-order valence-electron chi connectivity index (χ2n) is 5.35. The van der Waals surface area contributed by atoms with Crippen molar-refractivity contribution in [3.63, 3.8) is 0 Å². The van der Waals surface area contributed by atoms with Crippen LogP contribution in [0.5, 0.6) is 17.2 Å². The molecule has 0 spiro atoms. The van der Waals surface area contributed by atoms with E-state index >= 15 is 0 Å². The number of hydrazone groups is 1. The Bertz CT molecular complexity index is 843. The van der Waals surface area contributed by atoms with Crippen LogP contribution in [-0.2, 0) is 4.74 Å². The fourth-order valence-corrected chi connectivity index (χ4v) is 2.48. The maximum absolute atomic E-state index is 11.4. The maximum atomic E-state index is 11.4. The molecule has 0 fully saturated rings. The summed E-state index contributed by atoms with van der Waals surface area (Å²) in [6, 6.07) is 10.2. The molecule has 0 aliphatic rings. The zero-order valence-corrected chi connectivity index (χ0v) is 16.8. The molecule has 2 N–H and O–H groups in total. The Labute approximate surface area is 168 Å². The lowest BCUT2D eigenvalue weighted by Gasteiger charge is -2.12. The summed E-state index contributed by atoms with van der Waals surface area (Å²) in [7, 11) is 5.96. The summed E-state index contributed by atoms with van der Waals surface area (Å²) < 4.78 is 20.5. The number of ether oxygens (including phenoxy) is 4. The summed E-state index contributed by atoms with van der Waals surface area (Å²) in [5, 5.41) is 7.35. The van der Waals surface area contributed by atoms with Crippen molar-refractivity contribution in [1.29, 1.82) is 0 Å². The zero-order valence-electron chi connectivity index (χ0n) is 15.9. The van der Waals surface area contributed by atoms with Crippen molar-refractivity contribution < 1.29 is 23.7 Å². The van der Waals surface area contributed by atoms with Crippen molar-refractivity contribution in [3.8, 4) is 17.2 Å². The van der Waals surface area contributed by atoms with Gasteiger partial charge < -0.3 is 24.3 Å². The van der Waals surface area contributed by atoms with Gasteiger partial charge in [-0.3, -0.25) is 5.43 Å². The minimum Gasteiger partial charge on any atom is -0.493 e. The minimum absolute atomic E-state index is 0.287. The average Bonchev–Trinajstić information content (AvgIpc) is 2.72. The molecule has 0 aromatic heterocycles. The Hall–Kier alpha value is -3.33. The van der Waals surface area contributed by atoms with Crippen LogP contribution in [0.4, 0.5) is 5.69 Å². The quantitative estimate of drug-likeness (QED) is 0.316. The van der Waals surface area contributed by atoms with Gasteiger partial charge in [-0.2, -0.15) is 5.10 Å². The Morgan fingerprint density at radius 3 is 2.11 bits per heavy atom. The van der Waals surface area contributed by atoms with Gasteiger partial charge in [-0.05, 0) is 48.6 Å². The molecule has 0 saturated carbocycles. The van der Waals surface area contributed by atoms with Gasteiger partial charge in [0.25, 0.3) is 0 Å². The van der Waals surface area contributed by atoms with Crippen molar-refractivity contribution in [3.05, 3.63) is 47.5 Å². The number of nitrogens with zero attached hydrogens (tertiary/aromatic N) is 1. The van der Waals surface area contributed by atoms with Crippen LogP contribution < -0.4 is 25.0 Å². The van der Waals surface area contributed by atoms with Gasteiger partial charge in [-0.15, -0.1) is 0 Å². The third-order valence-corrected chi connectivity index (χ3v) is 3.82. The molecule has 2 rings (SSSR count). The van der Waals surface area contributed by atoms with Crippen molar-refractivity contribution >= 4 is 35.2 Å². The van der Waals surface area contributed by atoms with E-state index in [1.54, 1.807) is 56.8 Å². The van der Waals surface area contributed by atoms with Crippen molar-refractivity contribution in [2.24, 2.45) is 5.10 Å². The highest BCUT2D eigenvalue weighted by molar-refractivity contribution is 7.80. The molecular weight excluding hydrogens is 382 g/mol. The van der Waals surface area contributed by atoms with E-state index in [4.69, 9.17) is 26.4 Å². The summed E-state index contributed by atoms with van der Waals surface area (Å²) in [6.45, 7) is 0. The number of hydrogen-bond acceptors (Lipinski definition) is 7. The van der Waals surface area contributed by atoms with Crippen LogP contribution in [0.25, 0.3) is 0 Å². The van der Waals surface area contributed by atoms with Crippen LogP contribution in [0.1, 0.15) is 15.9 Å². The normalized spacial score (nSPS) is 10.3. The number of benzene rings is 2. The van der Waals surface area contributed by atoms with Crippen molar-refractivity contribution in [2.75, 3.05) is 33.8 Å². The zero-order chi connectivity index (χ0) is 20.5. The number of carbonyl (C=O) groups is 1. The standard InChI is InChI=1S/C19H21N3O5S/c1-24-15-9-12(10-16(25-2)17(15)26-3)11-20-22-19(28)21-14-7-5-13(6-8-14)18(23)27-4/h5-11H,1-4H3,(H2,21,22,28)/b20-11-. The summed E-state index contributed by atoms with van der Waals surface area (Å²) >= 11 is 5.20. The Balaban J connectivity index is 2.00. The SMILES string of the molecule is COC(=O)c1ccc(NC(=S)N/N=C\c2cc(OC)c(OC)c(OC)c2)cc1. The van der Waals surface area contributed by atoms with Crippen LogP contribution in [0.2, 0.25) is 0 Å². The number of hydrogen-bond donors (Lipinski definition) is 2. The van der Waals surface area contributed by atoms with Crippen LogP contribution in [-0.4, -0.2) is 45.7 Å². The van der Waals surface area contributed by atoms with Gasteiger partial charge in [-0.1, -0.05) is 0 Å². The molecule has 0 aliphatic carbocycles. The molecule has 0 aliphatic heterocycles. The van der Waals surface area contributed by atoms with Gasteiger partial charge in [0.15, 0.2) is 16.6 Å². The first-order valence-corrected chi connectivity index (χ1v) is 8.51. The second kappa shape index (κ2) is 10.1. The summed E-state index contributed by atoms with van der Waals surface area (Å²) in [5.41, 5.74) is 4.60. The van der Waals surface area contributed by atoms with E-state index in [1.165, 1.54) is 14.2 Å². The molecular formula is C19H21N3O5S. The molecule has 0 radical (unpaired) electrons. The second-order valence-corrected chi connectivity index (χ2v) is 5.76. The highest BCUT2D eigenvalue weighted by Crippen LogP contribution is 2.37. The third kappa shape index (κ3) is 5.34. The Morgan fingerprint density at radius 2 is 1.61 bits per heavy atom. The van der Waals surface area contributed by atoms with E-state index in [0.29, 0.717) is 28.5 Å². The molecule has 148 valence electrons. The largest absolute Gasteiger partial charge is 0.493 e. The summed E-state index contributed by atoms with van der Waals surface area (Å²) in [5.74, 6) is 1.15. The van der Waals surface area contributed by atoms with Crippen LogP contribution in [0, 0.1) is 0 Å². The van der Waals surface area contributed by atoms with E-state index in [0.717, 1.165) is 5.56 Å². The van der Waals surface area contributed by atoms with Crippen LogP contribution in [0.15, 0.2) is 41.5 Å². The van der Waals surface area contributed by atoms with Crippen LogP contribution >= 0.6 is 12.2 Å². The fraction of sp³-hybridized carbons (Fsp3) is 0.211. The summed E-state index contributed by atoms with van der Waals surface area (Å²) in [4.78, 5) is 11.4. The van der Waals surface area contributed by atoms with Gasteiger partial charge in [0.2, 0.25) is 5.75 Å². The number of rotatable bonds is 7. The van der Waals surface area contributed by atoms with E-state index in [-0.39, 0.29) is 5.11 Å². The number of methoxy groups -OCH3 is 4. The third-order valence-electron chi connectivity index (χ3n) is 3.63. The molecule has 28 heavy (non-hydrogen) atoms. The lowest BCUT2D eigenvalue weighted by Crippen LogP contribution is -2.23. The fourth-order valence-electron chi connectivity index (χ4n) is 2.31. The van der Waals surface area contributed by atoms with Crippen molar-refractivity contribution in [1.82, 2.24) is 5.43 Å². The Morgan fingerprint density at radius 1 is 1.00 bits per heavy atom. The van der Waals surface area contributed by atoms with Gasteiger partial charge in [0, 0.05) is 11.3 Å². The molecule has 9 heteroatoms. The van der Waals surface area contributed by atoms with Gasteiger partial charge in [0.05, 0.1) is 40.2 Å². The first kappa shape index (κ1) is 21.0. The topological polar surface area (TPSA) is 90.4 Å². The Kier molecular flexibility index (Phi) is 7.58. The van der Waals surface area contributed by atoms with E-state index in [9.17, 15) is 4.79 Å². The molecule has 0 heterocycles. The highest BCUT2D eigenvalue weighted by atomic mass is 32.1. The molecule has 2 aromatic rings. The monoisotopic (exact) mass is 403 g/mol. The van der Waals surface area contributed by atoms with E-state index in [2.05, 4.69) is 20.6 Å². The molecule has 0 amide bonds. The van der Waals surface area contributed by atoms with Gasteiger partial charge in [-0.25, -0.2) is 4.79 Å². The van der Waals surface area contributed by atoms with E-state index in [1.807, 2.05) is 0 Å². The van der Waals surface area contributed by atoms with Crippen LogP contribution in [0.3, 0.4) is 0 Å². The lowest BCUT2D eigenvalue weighted by atomic mass is 10.2. The first-order valence-electron chi connectivity index (χ1n) is 8.10. The molecule has 2 aromatic carbocycles. The smallest absolute Gasteiger partial charge is 0.337 e. The number of nitrogens with one attached hydrogen (secondary N) is 2. The predicted octanol–water partition coefficient (Wildman–Crippen LogP) is 2.82. The average molecular weight is 403 g/mol. The molecule has 0 saturated heterocycles. The first-order chi connectivity index (χ1) is 13.5. The van der Waals surface area contributed by atoms with Gasteiger partial charge in [0.1, 0.15) is 0 Å². The molecule has 0 unspecified atom stereocenters. The van der Waals surface area contributed by atoms with E-state index < -0.39 is 5.97 Å². The maximum Gasteiger partial charge on any atom is 0.337 e. The lowest BCUT2D eigenvalue weighted by molar-refractivity contribution is 0.0601. The number of anilines is 1. The number of thiocarbonyl (C=S) groups is 1. The van der Waals surface area contributed by atoms with Gasteiger partial charge >= 0.3 is 5.97 Å². The van der Waals surface area contributed by atoms with Crippen molar-refractivity contribution in [2.45, 2.75) is 0 Å². The number of esters is 1. The predicted molar refractivity (Wildman–Crippen MR) is 111 cm³/mol. The molecule has 0 atom stereocenters. The molecule has 0 bridgehead atoms. The number of carbonyl (C=O) groups excluding carboxylic acids is 1. The molecule has 8 nitrogen and oxygen atoms in total. The minimum atomic E-state index is -0.401. The highest BCUT2D eigenvalue weighted by Gasteiger charge is 2.12.